The van der Waals surface area contributed by atoms with Crippen molar-refractivity contribution in [2.24, 2.45) is 0 Å². The number of nitrogens with one attached hydrogen (secondary N) is 1. The van der Waals surface area contributed by atoms with Crippen molar-refractivity contribution in [2.75, 3.05) is 4.72 Å². The summed E-state index contributed by atoms with van der Waals surface area (Å²) in [5, 5.41) is 2.07. The van der Waals surface area contributed by atoms with Crippen molar-refractivity contribution < 1.29 is 16.8 Å². The zero-order valence-corrected chi connectivity index (χ0v) is 19.6. The predicted molar refractivity (Wildman–Crippen MR) is 114 cm³/mol. The zero-order chi connectivity index (χ0) is 20.1. The van der Waals surface area contributed by atoms with E-state index in [9.17, 15) is 16.8 Å². The largest absolute Gasteiger partial charge is 0.263 e. The van der Waals surface area contributed by atoms with Crippen LogP contribution in [0, 0.1) is 0 Å². The van der Waals surface area contributed by atoms with Gasteiger partial charge in [-0.2, -0.15) is 0 Å². The Labute approximate surface area is 182 Å². The lowest BCUT2D eigenvalue weighted by molar-refractivity contribution is 0.601. The van der Waals surface area contributed by atoms with Gasteiger partial charge >= 0.3 is 0 Å². The van der Waals surface area contributed by atoms with Crippen LogP contribution in [-0.4, -0.2) is 21.8 Å². The average Bonchev–Trinajstić information content (AvgIpc) is 3.07. The van der Waals surface area contributed by atoms with Crippen molar-refractivity contribution in [3.63, 3.8) is 0 Å². The van der Waals surface area contributed by atoms with E-state index in [1.807, 2.05) is 0 Å². The van der Waals surface area contributed by atoms with Crippen LogP contribution in [0.1, 0.15) is 0 Å². The first-order chi connectivity index (χ1) is 12.6. The molecule has 0 aliphatic heterocycles. The first kappa shape index (κ1) is 22.3. The molecule has 0 saturated heterocycles. The summed E-state index contributed by atoms with van der Waals surface area (Å²) in [6, 6.07) is 12.5. The molecule has 0 saturated carbocycles. The number of rotatable bonds is 4. The van der Waals surface area contributed by atoms with E-state index in [-0.39, 0.29) is 9.79 Å². The first-order valence-corrected chi connectivity index (χ1v) is 13.2. The van der Waals surface area contributed by atoms with E-state index in [0.717, 1.165) is 8.95 Å². The Bertz CT molecular complexity index is 1090. The van der Waals surface area contributed by atoms with Crippen LogP contribution in [0.15, 0.2) is 78.8 Å². The fraction of sp³-hybridized carbons (Fsp3) is 0. The molecule has 12 heteroatoms. The van der Waals surface area contributed by atoms with E-state index in [0.29, 0.717) is 5.13 Å². The van der Waals surface area contributed by atoms with Gasteiger partial charge < -0.3 is 0 Å². The SMILES string of the molecule is O=S(=O)(Cl)c1ccc(Br)cc1.O=S(=O)(Nc1nccs1)c1ccc(Br)cc1. The number of benzene rings is 2. The summed E-state index contributed by atoms with van der Waals surface area (Å²) in [7, 11) is -2.02. The van der Waals surface area contributed by atoms with Crippen LogP contribution in [-0.2, 0) is 19.1 Å². The minimum absolute atomic E-state index is 0.113. The summed E-state index contributed by atoms with van der Waals surface area (Å²) in [5.41, 5.74) is 0. The van der Waals surface area contributed by atoms with Gasteiger partial charge in [-0.05, 0) is 48.5 Å². The fourth-order valence-electron chi connectivity index (χ4n) is 1.66. The molecule has 1 aromatic heterocycles. The van der Waals surface area contributed by atoms with E-state index in [4.69, 9.17) is 10.7 Å². The highest BCUT2D eigenvalue weighted by Gasteiger charge is 2.14. The molecule has 0 unspecified atom stereocenters. The van der Waals surface area contributed by atoms with Crippen molar-refractivity contribution in [3.8, 4) is 0 Å². The van der Waals surface area contributed by atoms with Crippen LogP contribution < -0.4 is 4.72 Å². The Morgan fingerprint density at radius 3 is 1.74 bits per heavy atom. The molecule has 0 spiro atoms. The molecule has 1 heterocycles. The molecule has 0 amide bonds. The molecule has 6 nitrogen and oxygen atoms in total. The highest BCUT2D eigenvalue weighted by atomic mass is 79.9. The van der Waals surface area contributed by atoms with Crippen LogP contribution in [0.4, 0.5) is 5.13 Å². The number of nitrogens with zero attached hydrogens (tertiary/aromatic N) is 1. The molecule has 0 aliphatic rings. The Hall–Kier alpha value is -0.980. The third-order valence-corrected chi connectivity index (χ3v) is 7.47. The molecule has 3 aromatic rings. The van der Waals surface area contributed by atoms with E-state index in [1.165, 1.54) is 35.6 Å². The number of aromatic nitrogens is 1. The molecule has 0 fully saturated rings. The minimum atomic E-state index is -3.57. The second-order valence-electron chi connectivity index (χ2n) is 4.79. The van der Waals surface area contributed by atoms with Crippen LogP contribution in [0.2, 0.25) is 0 Å². The number of halogens is 3. The summed E-state index contributed by atoms with van der Waals surface area (Å²) < 4.78 is 49.1. The number of anilines is 1. The lowest BCUT2D eigenvalue weighted by Gasteiger charge is -2.04. The highest BCUT2D eigenvalue weighted by Crippen LogP contribution is 2.20. The standard InChI is InChI=1S/C9H7BrN2O2S2.C6H4BrClO2S/c10-7-1-3-8(4-2-7)16(13,14)12-9-11-5-6-15-9;7-5-1-3-6(4-2-5)11(8,9)10/h1-6H,(H,11,12);1-4H. The maximum atomic E-state index is 11.9. The zero-order valence-electron chi connectivity index (χ0n) is 13.2. The van der Waals surface area contributed by atoms with Crippen LogP contribution in [0.5, 0.6) is 0 Å². The summed E-state index contributed by atoms with van der Waals surface area (Å²) in [6.45, 7) is 0. The van der Waals surface area contributed by atoms with Gasteiger partial charge in [-0.3, -0.25) is 4.72 Å². The van der Waals surface area contributed by atoms with Crippen LogP contribution in [0.25, 0.3) is 0 Å². The smallest absolute Gasteiger partial charge is 0.255 e. The second kappa shape index (κ2) is 9.48. The van der Waals surface area contributed by atoms with E-state index >= 15 is 0 Å². The third-order valence-electron chi connectivity index (χ3n) is 2.87. The Kier molecular flexibility index (Phi) is 7.83. The lowest BCUT2D eigenvalue weighted by atomic mass is 10.4. The normalized spacial score (nSPS) is 11.4. The van der Waals surface area contributed by atoms with Gasteiger partial charge in [0.1, 0.15) is 0 Å². The molecule has 27 heavy (non-hydrogen) atoms. The quantitative estimate of drug-likeness (QED) is 0.439. The summed E-state index contributed by atoms with van der Waals surface area (Å²) in [4.78, 5) is 4.19. The van der Waals surface area contributed by atoms with E-state index < -0.39 is 19.1 Å². The van der Waals surface area contributed by atoms with Crippen LogP contribution in [0.3, 0.4) is 0 Å². The van der Waals surface area contributed by atoms with Crippen molar-refractivity contribution in [1.82, 2.24) is 4.98 Å². The molecule has 0 bridgehead atoms. The number of thiazole rings is 1. The summed E-state index contributed by atoms with van der Waals surface area (Å²) >= 11 is 7.66. The van der Waals surface area contributed by atoms with Crippen molar-refractivity contribution in [3.05, 3.63) is 69.1 Å². The van der Waals surface area contributed by atoms with E-state index in [2.05, 4.69) is 41.6 Å². The highest BCUT2D eigenvalue weighted by molar-refractivity contribution is 9.10. The molecule has 1 N–H and O–H groups in total. The molecule has 144 valence electrons. The van der Waals surface area contributed by atoms with Gasteiger partial charge in [0.05, 0.1) is 9.79 Å². The second-order valence-corrected chi connectivity index (χ2v) is 11.8. The maximum Gasteiger partial charge on any atom is 0.263 e. The Morgan fingerprint density at radius 1 is 0.852 bits per heavy atom. The van der Waals surface area contributed by atoms with Crippen LogP contribution >= 0.6 is 53.9 Å². The van der Waals surface area contributed by atoms with Crippen molar-refractivity contribution in [1.29, 1.82) is 0 Å². The Morgan fingerprint density at radius 2 is 1.33 bits per heavy atom. The van der Waals surface area contributed by atoms with Crippen molar-refractivity contribution in [2.45, 2.75) is 9.79 Å². The predicted octanol–water partition coefficient (Wildman–Crippen LogP) is 5.08. The molecule has 0 radical (unpaired) electrons. The fourth-order valence-corrected chi connectivity index (χ4v) is 4.75. The van der Waals surface area contributed by atoms with Gasteiger partial charge in [0.2, 0.25) is 0 Å². The van der Waals surface area contributed by atoms with Gasteiger partial charge in [-0.15, -0.1) is 11.3 Å². The van der Waals surface area contributed by atoms with Gasteiger partial charge in [0, 0.05) is 31.2 Å². The third kappa shape index (κ3) is 7.16. The number of hydrogen-bond acceptors (Lipinski definition) is 6. The lowest BCUT2D eigenvalue weighted by Crippen LogP contribution is -2.12. The van der Waals surface area contributed by atoms with Gasteiger partial charge in [0.15, 0.2) is 5.13 Å². The van der Waals surface area contributed by atoms with Gasteiger partial charge in [-0.25, -0.2) is 21.8 Å². The molecular weight excluding hydrogens is 564 g/mol. The average molecular weight is 575 g/mol. The first-order valence-electron chi connectivity index (χ1n) is 6.96. The molecule has 2 aromatic carbocycles. The number of hydrogen-bond donors (Lipinski definition) is 1. The summed E-state index contributed by atoms with van der Waals surface area (Å²) in [6.07, 6.45) is 1.55. The molecular formula is C15H11Br2ClN2O4S3. The minimum Gasteiger partial charge on any atom is -0.255 e. The molecule has 0 atom stereocenters. The van der Waals surface area contributed by atoms with Gasteiger partial charge in [-0.1, -0.05) is 31.9 Å². The van der Waals surface area contributed by atoms with Crippen molar-refractivity contribution >= 4 is 78.1 Å². The van der Waals surface area contributed by atoms with Gasteiger partial charge in [0.25, 0.3) is 19.1 Å². The molecule has 3 rings (SSSR count). The molecule has 0 aliphatic carbocycles. The van der Waals surface area contributed by atoms with E-state index in [1.54, 1.807) is 35.8 Å². The number of sulfonamides is 1. The summed E-state index contributed by atoms with van der Waals surface area (Å²) in [5.74, 6) is 0. The topological polar surface area (TPSA) is 93.2 Å². The Balaban J connectivity index is 0.000000208. The maximum absolute atomic E-state index is 11.9. The monoisotopic (exact) mass is 572 g/mol.